The quantitative estimate of drug-likeness (QED) is 0.852. The van der Waals surface area contributed by atoms with Crippen molar-refractivity contribution in [1.82, 2.24) is 10.6 Å². The predicted molar refractivity (Wildman–Crippen MR) is 71.5 cm³/mol. The molecule has 0 saturated heterocycles. The van der Waals surface area contributed by atoms with Gasteiger partial charge in [0.05, 0.1) is 0 Å². The molecule has 1 saturated carbocycles. The van der Waals surface area contributed by atoms with E-state index in [1.165, 1.54) is 24.0 Å². The SMILES string of the molecule is CC(NC(=O)c1cccc2c1CCNC2)C1CC1. The zero-order valence-electron chi connectivity index (χ0n) is 10.8. The van der Waals surface area contributed by atoms with Crippen LogP contribution in [0.3, 0.4) is 0 Å². The summed E-state index contributed by atoms with van der Waals surface area (Å²) in [6.45, 7) is 3.97. The van der Waals surface area contributed by atoms with Crippen LogP contribution in [0.25, 0.3) is 0 Å². The smallest absolute Gasteiger partial charge is 0.251 e. The van der Waals surface area contributed by atoms with Gasteiger partial charge in [0.1, 0.15) is 0 Å². The van der Waals surface area contributed by atoms with Crippen LogP contribution in [-0.2, 0) is 13.0 Å². The van der Waals surface area contributed by atoms with Gasteiger partial charge in [-0.25, -0.2) is 0 Å². The lowest BCUT2D eigenvalue weighted by molar-refractivity contribution is 0.0934. The first-order chi connectivity index (χ1) is 8.75. The fourth-order valence-electron chi connectivity index (χ4n) is 2.74. The first-order valence-electron chi connectivity index (χ1n) is 6.88. The molecule has 3 heteroatoms. The van der Waals surface area contributed by atoms with E-state index < -0.39 is 0 Å². The molecule has 0 radical (unpaired) electrons. The second-order valence-electron chi connectivity index (χ2n) is 5.47. The molecule has 1 aliphatic carbocycles. The highest BCUT2D eigenvalue weighted by molar-refractivity contribution is 5.96. The minimum Gasteiger partial charge on any atom is -0.349 e. The Bertz CT molecular complexity index is 466. The van der Waals surface area contributed by atoms with Gasteiger partial charge in [0.15, 0.2) is 0 Å². The standard InChI is InChI=1S/C15H20N2O/c1-10(11-5-6-11)17-15(18)14-4-2-3-12-9-16-8-7-13(12)14/h2-4,10-11,16H,5-9H2,1H3,(H,17,18). The largest absolute Gasteiger partial charge is 0.349 e. The van der Waals surface area contributed by atoms with Gasteiger partial charge >= 0.3 is 0 Å². The number of carbonyl (C=O) groups is 1. The van der Waals surface area contributed by atoms with Crippen molar-refractivity contribution in [2.75, 3.05) is 6.54 Å². The molecule has 1 unspecified atom stereocenters. The topological polar surface area (TPSA) is 41.1 Å². The number of hydrogen-bond donors (Lipinski definition) is 2. The van der Waals surface area contributed by atoms with Crippen LogP contribution in [0, 0.1) is 5.92 Å². The van der Waals surface area contributed by atoms with Crippen molar-refractivity contribution in [3.05, 3.63) is 34.9 Å². The van der Waals surface area contributed by atoms with Crippen LogP contribution in [0.4, 0.5) is 0 Å². The lowest BCUT2D eigenvalue weighted by atomic mass is 9.95. The van der Waals surface area contributed by atoms with Gasteiger partial charge in [0.25, 0.3) is 5.91 Å². The molecular formula is C15H20N2O. The van der Waals surface area contributed by atoms with E-state index >= 15 is 0 Å². The maximum atomic E-state index is 12.3. The van der Waals surface area contributed by atoms with Crippen molar-refractivity contribution >= 4 is 5.91 Å². The monoisotopic (exact) mass is 244 g/mol. The van der Waals surface area contributed by atoms with Crippen molar-refractivity contribution in [2.45, 2.75) is 38.8 Å². The molecule has 96 valence electrons. The van der Waals surface area contributed by atoms with E-state index in [2.05, 4.69) is 23.6 Å². The Hall–Kier alpha value is -1.35. The van der Waals surface area contributed by atoms with E-state index in [1.807, 2.05) is 12.1 Å². The van der Waals surface area contributed by atoms with Crippen molar-refractivity contribution in [3.63, 3.8) is 0 Å². The molecule has 0 spiro atoms. The zero-order chi connectivity index (χ0) is 12.5. The predicted octanol–water partition coefficient (Wildman–Crippen LogP) is 1.86. The lowest BCUT2D eigenvalue weighted by Gasteiger charge is -2.21. The molecule has 2 aliphatic rings. The summed E-state index contributed by atoms with van der Waals surface area (Å²) in [5, 5.41) is 6.49. The summed E-state index contributed by atoms with van der Waals surface area (Å²) < 4.78 is 0. The van der Waals surface area contributed by atoms with E-state index in [4.69, 9.17) is 0 Å². The Kier molecular flexibility index (Phi) is 3.08. The van der Waals surface area contributed by atoms with Gasteiger partial charge in [-0.1, -0.05) is 12.1 Å². The van der Waals surface area contributed by atoms with Crippen LogP contribution in [0.1, 0.15) is 41.3 Å². The molecule has 1 atom stereocenters. The third kappa shape index (κ3) is 2.27. The summed E-state index contributed by atoms with van der Waals surface area (Å²) >= 11 is 0. The number of rotatable bonds is 3. The molecule has 0 bridgehead atoms. The van der Waals surface area contributed by atoms with Crippen LogP contribution < -0.4 is 10.6 Å². The summed E-state index contributed by atoms with van der Waals surface area (Å²) in [6, 6.07) is 6.37. The Balaban J connectivity index is 1.80. The molecular weight excluding hydrogens is 224 g/mol. The van der Waals surface area contributed by atoms with Crippen molar-refractivity contribution < 1.29 is 4.79 Å². The summed E-state index contributed by atoms with van der Waals surface area (Å²) in [7, 11) is 0. The van der Waals surface area contributed by atoms with Gasteiger partial charge in [-0.15, -0.1) is 0 Å². The normalized spacial score (nSPS) is 20.1. The van der Waals surface area contributed by atoms with Crippen LogP contribution >= 0.6 is 0 Å². The van der Waals surface area contributed by atoms with Crippen LogP contribution in [0.15, 0.2) is 18.2 Å². The molecule has 2 N–H and O–H groups in total. The van der Waals surface area contributed by atoms with E-state index in [1.54, 1.807) is 0 Å². The van der Waals surface area contributed by atoms with Crippen molar-refractivity contribution in [3.8, 4) is 0 Å². The zero-order valence-corrected chi connectivity index (χ0v) is 10.8. The third-order valence-electron chi connectivity index (χ3n) is 4.07. The van der Waals surface area contributed by atoms with Gasteiger partial charge in [0.2, 0.25) is 0 Å². The molecule has 18 heavy (non-hydrogen) atoms. The Morgan fingerprint density at radius 3 is 3.06 bits per heavy atom. The molecule has 1 amide bonds. The number of carbonyl (C=O) groups excluding carboxylic acids is 1. The first kappa shape index (κ1) is 11.7. The lowest BCUT2D eigenvalue weighted by Crippen LogP contribution is -2.35. The minimum atomic E-state index is 0.105. The van der Waals surface area contributed by atoms with E-state index in [0.29, 0.717) is 12.0 Å². The third-order valence-corrected chi connectivity index (χ3v) is 4.07. The Labute approximate surface area is 108 Å². The molecule has 1 aliphatic heterocycles. The van der Waals surface area contributed by atoms with Crippen LogP contribution in [0.2, 0.25) is 0 Å². The number of benzene rings is 1. The number of nitrogens with one attached hydrogen (secondary N) is 2. The van der Waals surface area contributed by atoms with Gasteiger partial charge in [-0.3, -0.25) is 4.79 Å². The van der Waals surface area contributed by atoms with Crippen LogP contribution in [0.5, 0.6) is 0 Å². The van der Waals surface area contributed by atoms with Crippen LogP contribution in [-0.4, -0.2) is 18.5 Å². The highest BCUT2D eigenvalue weighted by Crippen LogP contribution is 2.32. The average Bonchev–Trinajstić information content (AvgIpc) is 3.22. The first-order valence-corrected chi connectivity index (χ1v) is 6.88. The maximum absolute atomic E-state index is 12.3. The van der Waals surface area contributed by atoms with Crippen molar-refractivity contribution in [2.24, 2.45) is 5.92 Å². The second kappa shape index (κ2) is 4.73. The van der Waals surface area contributed by atoms with Crippen molar-refractivity contribution in [1.29, 1.82) is 0 Å². The fraction of sp³-hybridized carbons (Fsp3) is 0.533. The molecule has 1 aromatic rings. The van der Waals surface area contributed by atoms with Gasteiger partial charge in [-0.05, 0) is 55.8 Å². The highest BCUT2D eigenvalue weighted by atomic mass is 16.1. The fourth-order valence-corrected chi connectivity index (χ4v) is 2.74. The molecule has 1 aromatic carbocycles. The van der Waals surface area contributed by atoms with Gasteiger partial charge in [0, 0.05) is 18.2 Å². The number of hydrogen-bond acceptors (Lipinski definition) is 2. The number of amides is 1. The molecule has 3 nitrogen and oxygen atoms in total. The average molecular weight is 244 g/mol. The number of fused-ring (bicyclic) bond motifs is 1. The molecule has 1 fully saturated rings. The molecule has 0 aromatic heterocycles. The highest BCUT2D eigenvalue weighted by Gasteiger charge is 2.29. The second-order valence-corrected chi connectivity index (χ2v) is 5.47. The Morgan fingerprint density at radius 1 is 1.44 bits per heavy atom. The summed E-state index contributed by atoms with van der Waals surface area (Å²) in [5.74, 6) is 0.809. The summed E-state index contributed by atoms with van der Waals surface area (Å²) in [6.07, 6.45) is 3.48. The maximum Gasteiger partial charge on any atom is 0.251 e. The van der Waals surface area contributed by atoms with E-state index in [0.717, 1.165) is 25.1 Å². The Morgan fingerprint density at radius 2 is 2.28 bits per heavy atom. The van der Waals surface area contributed by atoms with Gasteiger partial charge in [-0.2, -0.15) is 0 Å². The summed E-state index contributed by atoms with van der Waals surface area (Å²) in [4.78, 5) is 12.3. The minimum absolute atomic E-state index is 0.105. The van der Waals surface area contributed by atoms with E-state index in [9.17, 15) is 4.79 Å². The summed E-state index contributed by atoms with van der Waals surface area (Å²) in [5.41, 5.74) is 3.38. The molecule has 3 rings (SSSR count). The molecule has 1 heterocycles. The van der Waals surface area contributed by atoms with E-state index in [-0.39, 0.29) is 5.91 Å². The van der Waals surface area contributed by atoms with Gasteiger partial charge < -0.3 is 10.6 Å².